The number of sulfonamides is 1. The summed E-state index contributed by atoms with van der Waals surface area (Å²) in [5.74, 6) is -1.39. The number of hydrogen-bond donors (Lipinski definition) is 2. The summed E-state index contributed by atoms with van der Waals surface area (Å²) in [6.07, 6.45) is -2.15. The molecule has 0 radical (unpaired) electrons. The smallest absolute Gasteiger partial charge is 0.406 e. The first-order chi connectivity index (χ1) is 18.5. The van der Waals surface area contributed by atoms with Crippen molar-refractivity contribution < 1.29 is 35.9 Å². The third kappa shape index (κ3) is 8.14. The number of hydrogen-bond acceptors (Lipinski definition) is 9. The second-order valence-corrected chi connectivity index (χ2v) is 12.4. The van der Waals surface area contributed by atoms with E-state index in [-0.39, 0.29) is 27.0 Å². The first-order valence-corrected chi connectivity index (χ1v) is 14.8. The van der Waals surface area contributed by atoms with E-state index in [1.165, 1.54) is 40.7 Å². The third-order valence-corrected chi connectivity index (χ3v) is 9.28. The average molecular weight is 602 g/mol. The van der Waals surface area contributed by atoms with Crippen LogP contribution in [0.25, 0.3) is 0 Å². The SMILES string of the molecule is O=C(CSc1nnc(NC(=O)c2ccc(S(=O)(=O)N3CCCCC3)cc2)s1)Nc1ccc(OC(F)(F)F)cc1. The lowest BCUT2D eigenvalue weighted by molar-refractivity contribution is -0.274. The number of piperidine rings is 1. The summed E-state index contributed by atoms with van der Waals surface area (Å²) in [5.41, 5.74) is 0.526. The van der Waals surface area contributed by atoms with E-state index in [0.29, 0.717) is 17.4 Å². The van der Waals surface area contributed by atoms with Gasteiger partial charge in [0.25, 0.3) is 5.91 Å². The number of nitrogens with one attached hydrogen (secondary N) is 2. The molecule has 208 valence electrons. The van der Waals surface area contributed by atoms with Gasteiger partial charge in [0.15, 0.2) is 4.34 Å². The predicted octanol–water partition coefficient (Wildman–Crippen LogP) is 4.59. The average Bonchev–Trinajstić information content (AvgIpc) is 3.35. The van der Waals surface area contributed by atoms with Gasteiger partial charge in [-0.3, -0.25) is 14.9 Å². The molecule has 2 amide bonds. The maximum atomic E-state index is 12.8. The maximum Gasteiger partial charge on any atom is 0.573 e. The number of benzene rings is 2. The van der Waals surface area contributed by atoms with Gasteiger partial charge in [0.05, 0.1) is 10.6 Å². The van der Waals surface area contributed by atoms with Gasteiger partial charge < -0.3 is 10.1 Å². The Bertz CT molecular complexity index is 1410. The van der Waals surface area contributed by atoms with Crippen molar-refractivity contribution in [1.29, 1.82) is 0 Å². The number of carbonyl (C=O) groups excluding carboxylic acids is 2. The molecular weight excluding hydrogens is 579 g/mol. The molecule has 0 bridgehead atoms. The van der Waals surface area contributed by atoms with E-state index in [2.05, 4.69) is 25.6 Å². The molecule has 1 aliphatic rings. The molecular formula is C23H22F3N5O5S3. The van der Waals surface area contributed by atoms with Crippen LogP contribution < -0.4 is 15.4 Å². The van der Waals surface area contributed by atoms with Crippen LogP contribution in [0.15, 0.2) is 57.8 Å². The van der Waals surface area contributed by atoms with Gasteiger partial charge in [-0.05, 0) is 61.4 Å². The van der Waals surface area contributed by atoms with E-state index < -0.39 is 33.9 Å². The molecule has 4 rings (SSSR count). The Labute approximate surface area is 230 Å². The van der Waals surface area contributed by atoms with E-state index in [0.717, 1.165) is 54.5 Å². The van der Waals surface area contributed by atoms with Crippen LogP contribution in [0.4, 0.5) is 24.0 Å². The van der Waals surface area contributed by atoms with Crippen molar-refractivity contribution in [2.45, 2.75) is 34.9 Å². The monoisotopic (exact) mass is 601 g/mol. The zero-order chi connectivity index (χ0) is 28.0. The molecule has 0 spiro atoms. The maximum absolute atomic E-state index is 12.8. The minimum Gasteiger partial charge on any atom is -0.406 e. The number of aromatic nitrogens is 2. The molecule has 0 saturated carbocycles. The van der Waals surface area contributed by atoms with Crippen LogP contribution in [0, 0.1) is 0 Å². The normalized spacial score (nSPS) is 14.5. The molecule has 1 aliphatic heterocycles. The molecule has 16 heteroatoms. The number of carbonyl (C=O) groups is 2. The van der Waals surface area contributed by atoms with Crippen LogP contribution in [-0.2, 0) is 14.8 Å². The van der Waals surface area contributed by atoms with Crippen LogP contribution >= 0.6 is 23.1 Å². The number of alkyl halides is 3. The summed E-state index contributed by atoms with van der Waals surface area (Å²) in [7, 11) is -3.60. The molecule has 2 heterocycles. The zero-order valence-electron chi connectivity index (χ0n) is 20.1. The molecule has 10 nitrogen and oxygen atoms in total. The second-order valence-electron chi connectivity index (χ2n) is 8.23. The highest BCUT2D eigenvalue weighted by atomic mass is 32.2. The van der Waals surface area contributed by atoms with Gasteiger partial charge >= 0.3 is 6.36 Å². The first-order valence-electron chi connectivity index (χ1n) is 11.5. The van der Waals surface area contributed by atoms with Gasteiger partial charge in [0.1, 0.15) is 5.75 Å². The van der Waals surface area contributed by atoms with E-state index in [1.54, 1.807) is 0 Å². The predicted molar refractivity (Wildman–Crippen MR) is 139 cm³/mol. The Balaban J connectivity index is 1.26. The fourth-order valence-corrected chi connectivity index (χ4v) is 6.65. The number of anilines is 2. The van der Waals surface area contributed by atoms with Crippen molar-refractivity contribution in [1.82, 2.24) is 14.5 Å². The Morgan fingerprint density at radius 3 is 2.28 bits per heavy atom. The minimum absolute atomic E-state index is 0.0592. The summed E-state index contributed by atoms with van der Waals surface area (Å²) < 4.78 is 67.9. The Kier molecular flexibility index (Phi) is 9.09. The summed E-state index contributed by atoms with van der Waals surface area (Å²) in [6, 6.07) is 10.4. The van der Waals surface area contributed by atoms with E-state index >= 15 is 0 Å². The number of nitrogens with zero attached hydrogens (tertiary/aromatic N) is 3. The van der Waals surface area contributed by atoms with Crippen molar-refractivity contribution >= 4 is 55.8 Å². The highest BCUT2D eigenvalue weighted by Crippen LogP contribution is 2.27. The highest BCUT2D eigenvalue weighted by Gasteiger charge is 2.31. The lowest BCUT2D eigenvalue weighted by Crippen LogP contribution is -2.35. The van der Waals surface area contributed by atoms with Gasteiger partial charge in [0, 0.05) is 24.3 Å². The quantitative estimate of drug-likeness (QED) is 0.269. The highest BCUT2D eigenvalue weighted by molar-refractivity contribution is 8.01. The molecule has 2 N–H and O–H groups in total. The number of halogens is 3. The van der Waals surface area contributed by atoms with Crippen LogP contribution in [0.1, 0.15) is 29.6 Å². The number of ether oxygens (including phenoxy) is 1. The molecule has 1 aromatic heterocycles. The van der Waals surface area contributed by atoms with Gasteiger partial charge in [-0.2, -0.15) is 4.31 Å². The summed E-state index contributed by atoms with van der Waals surface area (Å²) in [5, 5.41) is 13.1. The van der Waals surface area contributed by atoms with Crippen molar-refractivity contribution in [2.24, 2.45) is 0 Å². The summed E-state index contributed by atoms with van der Waals surface area (Å²) in [6.45, 7) is 0.967. The Morgan fingerprint density at radius 1 is 0.974 bits per heavy atom. The molecule has 0 unspecified atom stereocenters. The van der Waals surface area contributed by atoms with Crippen LogP contribution in [0.2, 0.25) is 0 Å². The van der Waals surface area contributed by atoms with Gasteiger partial charge in [-0.1, -0.05) is 29.5 Å². The lowest BCUT2D eigenvalue weighted by Gasteiger charge is -2.25. The largest absolute Gasteiger partial charge is 0.573 e. The Morgan fingerprint density at radius 2 is 1.64 bits per heavy atom. The van der Waals surface area contributed by atoms with Crippen molar-refractivity contribution in [2.75, 3.05) is 29.5 Å². The lowest BCUT2D eigenvalue weighted by atomic mass is 10.2. The summed E-state index contributed by atoms with van der Waals surface area (Å²) in [4.78, 5) is 24.9. The molecule has 2 aromatic carbocycles. The van der Waals surface area contributed by atoms with Crippen molar-refractivity contribution in [3.05, 3.63) is 54.1 Å². The van der Waals surface area contributed by atoms with E-state index in [9.17, 15) is 31.2 Å². The van der Waals surface area contributed by atoms with Crippen molar-refractivity contribution in [3.8, 4) is 5.75 Å². The molecule has 1 fully saturated rings. The topological polar surface area (TPSA) is 131 Å². The van der Waals surface area contributed by atoms with Crippen LogP contribution in [0.5, 0.6) is 5.75 Å². The Hall–Kier alpha value is -3.21. The van der Waals surface area contributed by atoms with Crippen molar-refractivity contribution in [3.63, 3.8) is 0 Å². The fraction of sp³-hybridized carbons (Fsp3) is 0.304. The zero-order valence-corrected chi connectivity index (χ0v) is 22.6. The van der Waals surface area contributed by atoms with Gasteiger partial charge in [-0.15, -0.1) is 23.4 Å². The molecule has 0 aliphatic carbocycles. The molecule has 39 heavy (non-hydrogen) atoms. The molecule has 3 aromatic rings. The van der Waals surface area contributed by atoms with E-state index in [1.807, 2.05) is 0 Å². The van der Waals surface area contributed by atoms with E-state index in [4.69, 9.17) is 0 Å². The van der Waals surface area contributed by atoms with Gasteiger partial charge in [-0.25, -0.2) is 8.42 Å². The number of amides is 2. The summed E-state index contributed by atoms with van der Waals surface area (Å²) >= 11 is 2.10. The van der Waals surface area contributed by atoms with Crippen LogP contribution in [-0.4, -0.2) is 59.9 Å². The third-order valence-electron chi connectivity index (χ3n) is 5.39. The molecule has 1 saturated heterocycles. The van der Waals surface area contributed by atoms with Gasteiger partial charge in [0.2, 0.25) is 21.1 Å². The standard InChI is InChI=1S/C23H22F3N5O5S3/c24-23(25,26)36-17-8-6-16(7-9-17)27-19(32)14-37-22-30-29-21(38-22)28-20(33)15-4-10-18(11-5-15)39(34,35)31-12-2-1-3-13-31/h4-11H,1-3,12-14H2,(H,27,32)(H,28,29,33). The number of rotatable bonds is 9. The first kappa shape index (κ1) is 28.8. The second kappa shape index (κ2) is 12.3. The fourth-order valence-electron chi connectivity index (χ4n) is 3.58. The minimum atomic E-state index is -4.80. The molecule has 0 atom stereocenters. The number of thioether (sulfide) groups is 1. The van der Waals surface area contributed by atoms with Crippen LogP contribution in [0.3, 0.4) is 0 Å².